The van der Waals surface area contributed by atoms with E-state index < -0.39 is 34.4 Å². The molecule has 0 unspecified atom stereocenters. The first-order valence-corrected chi connectivity index (χ1v) is 9.67. The van der Waals surface area contributed by atoms with Gasteiger partial charge in [-0.25, -0.2) is 22.9 Å². The van der Waals surface area contributed by atoms with Crippen molar-refractivity contribution in [2.75, 3.05) is 25.0 Å². The molecule has 2 aromatic heterocycles. The molecule has 1 saturated carbocycles. The van der Waals surface area contributed by atoms with Gasteiger partial charge in [0.05, 0.1) is 11.1 Å². The number of anilines is 1. The van der Waals surface area contributed by atoms with Crippen LogP contribution >= 0.6 is 0 Å². The van der Waals surface area contributed by atoms with Crippen LogP contribution in [0.5, 0.6) is 0 Å². The van der Waals surface area contributed by atoms with Crippen LogP contribution in [0, 0.1) is 29.3 Å². The summed E-state index contributed by atoms with van der Waals surface area (Å²) >= 11 is 0. The van der Waals surface area contributed by atoms with Gasteiger partial charge in [0.15, 0.2) is 17.3 Å². The summed E-state index contributed by atoms with van der Waals surface area (Å²) < 4.78 is 43.9. The highest BCUT2D eigenvalue weighted by Gasteiger charge is 2.55. The Kier molecular flexibility index (Phi) is 4.30. The Bertz CT molecular complexity index is 1300. The first-order chi connectivity index (χ1) is 14.8. The Morgan fingerprint density at radius 2 is 1.87 bits per heavy atom. The van der Waals surface area contributed by atoms with Crippen LogP contribution in [0.4, 0.5) is 19.0 Å². The summed E-state index contributed by atoms with van der Waals surface area (Å²) in [6.07, 6.45) is 0.927. The number of fused-ring (bicyclic) bond motifs is 2. The molecule has 2 aliphatic rings. The molecule has 0 radical (unpaired) electrons. The fourth-order valence-electron chi connectivity index (χ4n) is 4.58. The van der Waals surface area contributed by atoms with Crippen molar-refractivity contribution < 1.29 is 23.1 Å². The van der Waals surface area contributed by atoms with Crippen molar-refractivity contribution in [3.63, 3.8) is 0 Å². The van der Waals surface area contributed by atoms with Gasteiger partial charge in [0.2, 0.25) is 5.43 Å². The topological polar surface area (TPSA) is 87.5 Å². The van der Waals surface area contributed by atoms with E-state index in [1.807, 2.05) is 7.05 Å². The zero-order valence-corrected chi connectivity index (χ0v) is 16.3. The van der Waals surface area contributed by atoms with Gasteiger partial charge in [-0.2, -0.15) is 0 Å². The average molecular weight is 430 g/mol. The monoisotopic (exact) mass is 430 g/mol. The third-order valence-corrected chi connectivity index (χ3v) is 6.14. The van der Waals surface area contributed by atoms with Crippen molar-refractivity contribution in [3.8, 4) is 5.69 Å². The highest BCUT2D eigenvalue weighted by Crippen LogP contribution is 2.46. The minimum atomic E-state index is -1.55. The number of aromatic carboxylic acids is 1. The summed E-state index contributed by atoms with van der Waals surface area (Å²) in [5.74, 6) is -3.37. The molecule has 1 aromatic carbocycles. The fourth-order valence-corrected chi connectivity index (χ4v) is 4.58. The van der Waals surface area contributed by atoms with E-state index in [2.05, 4.69) is 10.3 Å². The summed E-state index contributed by atoms with van der Waals surface area (Å²) in [5, 5.41) is 12.3. The number of pyridine rings is 2. The third kappa shape index (κ3) is 2.97. The number of aromatic nitrogens is 2. The number of benzene rings is 1. The minimum absolute atomic E-state index is 0.00768. The lowest BCUT2D eigenvalue weighted by atomic mass is 10.1. The Labute approximate surface area is 173 Å². The van der Waals surface area contributed by atoms with Crippen LogP contribution in [0.15, 0.2) is 35.3 Å². The molecule has 1 aliphatic heterocycles. The van der Waals surface area contributed by atoms with Gasteiger partial charge in [0, 0.05) is 31.4 Å². The maximum absolute atomic E-state index is 14.9. The number of rotatable bonds is 4. The van der Waals surface area contributed by atoms with E-state index in [1.165, 1.54) is 0 Å². The zero-order valence-electron chi connectivity index (χ0n) is 16.3. The molecule has 0 amide bonds. The number of carbonyl (C=O) groups is 1. The fraction of sp³-hybridized carbons (Fsp3) is 0.286. The number of nitrogens with one attached hydrogen (secondary N) is 1. The molecule has 3 atom stereocenters. The van der Waals surface area contributed by atoms with Crippen molar-refractivity contribution in [1.82, 2.24) is 14.9 Å². The molecule has 2 fully saturated rings. The van der Waals surface area contributed by atoms with Gasteiger partial charge >= 0.3 is 5.97 Å². The SMILES string of the molecule is CN[C@H]1[C@@H]2CN(c3nc4c(cc3F)c(=O)c(C(=O)O)cn4-c3ccc(F)cc3F)C[C@@H]21. The van der Waals surface area contributed by atoms with E-state index >= 15 is 0 Å². The first-order valence-electron chi connectivity index (χ1n) is 9.67. The molecule has 3 heterocycles. The van der Waals surface area contributed by atoms with Crippen LogP contribution in [0.3, 0.4) is 0 Å². The summed E-state index contributed by atoms with van der Waals surface area (Å²) in [7, 11) is 1.87. The molecular formula is C21H17F3N4O3. The lowest BCUT2D eigenvalue weighted by molar-refractivity contribution is 0.0695. The predicted octanol–water partition coefficient (Wildman–Crippen LogP) is 2.16. The lowest BCUT2D eigenvalue weighted by Gasteiger charge is -2.22. The largest absolute Gasteiger partial charge is 0.477 e. The highest BCUT2D eigenvalue weighted by molar-refractivity contribution is 5.92. The van der Waals surface area contributed by atoms with E-state index in [-0.39, 0.29) is 22.5 Å². The van der Waals surface area contributed by atoms with E-state index in [4.69, 9.17) is 0 Å². The average Bonchev–Trinajstić information content (AvgIpc) is 3.19. The number of carboxylic acid groups (broad SMARTS) is 1. The van der Waals surface area contributed by atoms with Crippen LogP contribution in [0.25, 0.3) is 16.7 Å². The Morgan fingerprint density at radius 3 is 2.48 bits per heavy atom. The smallest absolute Gasteiger partial charge is 0.341 e. The third-order valence-electron chi connectivity index (χ3n) is 6.14. The molecule has 0 spiro atoms. The minimum Gasteiger partial charge on any atom is -0.477 e. The van der Waals surface area contributed by atoms with Crippen molar-refractivity contribution in [2.24, 2.45) is 11.8 Å². The summed E-state index contributed by atoms with van der Waals surface area (Å²) in [4.78, 5) is 30.3. The van der Waals surface area contributed by atoms with E-state index in [0.717, 1.165) is 29.0 Å². The number of carboxylic acids is 1. The van der Waals surface area contributed by atoms with Crippen molar-refractivity contribution in [1.29, 1.82) is 0 Å². The number of nitrogens with zero attached hydrogens (tertiary/aromatic N) is 3. The van der Waals surface area contributed by atoms with Crippen LogP contribution in [0.1, 0.15) is 10.4 Å². The Hall–Kier alpha value is -3.40. The molecule has 1 aliphatic carbocycles. The molecule has 3 aromatic rings. The van der Waals surface area contributed by atoms with Gasteiger partial charge < -0.3 is 15.3 Å². The molecule has 2 N–H and O–H groups in total. The Morgan fingerprint density at radius 1 is 1.16 bits per heavy atom. The molecule has 7 nitrogen and oxygen atoms in total. The van der Waals surface area contributed by atoms with E-state index in [1.54, 1.807) is 4.90 Å². The summed E-state index contributed by atoms with van der Waals surface area (Å²) in [6, 6.07) is 4.05. The van der Waals surface area contributed by atoms with E-state index in [0.29, 0.717) is 37.0 Å². The standard InChI is InChI=1S/C21H17F3N4O3/c1-25-17-11-6-27(7-12(11)17)20-15(24)5-10-18(29)13(21(30)31)8-28(19(10)26-20)16-3-2-9(22)4-14(16)23/h2-5,8,11-12,17,25H,6-7H2,1H3,(H,30,31)/t11-,12+,17+. The van der Waals surface area contributed by atoms with Crippen LogP contribution in [-0.2, 0) is 0 Å². The second-order valence-electron chi connectivity index (χ2n) is 7.85. The van der Waals surface area contributed by atoms with Gasteiger partial charge in [-0.3, -0.25) is 9.36 Å². The molecule has 10 heteroatoms. The quantitative estimate of drug-likeness (QED) is 0.660. The van der Waals surface area contributed by atoms with Gasteiger partial charge in [-0.15, -0.1) is 0 Å². The van der Waals surface area contributed by atoms with Crippen molar-refractivity contribution >= 4 is 22.8 Å². The van der Waals surface area contributed by atoms with E-state index in [9.17, 15) is 27.9 Å². The van der Waals surface area contributed by atoms with Gasteiger partial charge in [0.25, 0.3) is 0 Å². The number of piperidine rings is 1. The first kappa shape index (κ1) is 19.6. The molecule has 0 bridgehead atoms. The summed E-state index contributed by atoms with van der Waals surface area (Å²) in [6.45, 7) is 1.15. The normalized spacial score (nSPS) is 22.1. The number of halogens is 3. The van der Waals surface area contributed by atoms with Gasteiger partial charge in [-0.1, -0.05) is 0 Å². The molecular weight excluding hydrogens is 413 g/mol. The zero-order chi connectivity index (χ0) is 22.0. The molecule has 160 valence electrons. The lowest BCUT2D eigenvalue weighted by Crippen LogP contribution is -2.31. The molecule has 5 rings (SSSR count). The predicted molar refractivity (Wildman–Crippen MR) is 106 cm³/mol. The van der Waals surface area contributed by atoms with Crippen LogP contribution in [0.2, 0.25) is 0 Å². The summed E-state index contributed by atoms with van der Waals surface area (Å²) in [5.41, 5.74) is -1.93. The molecule has 1 saturated heterocycles. The molecule has 31 heavy (non-hydrogen) atoms. The van der Waals surface area contributed by atoms with Crippen LogP contribution in [-0.4, -0.2) is 46.8 Å². The second-order valence-corrected chi connectivity index (χ2v) is 7.85. The number of hydrogen-bond donors (Lipinski definition) is 2. The van der Waals surface area contributed by atoms with Crippen molar-refractivity contribution in [3.05, 3.63) is 63.7 Å². The maximum atomic E-state index is 14.9. The Balaban J connectivity index is 1.72. The van der Waals surface area contributed by atoms with Gasteiger partial charge in [-0.05, 0) is 37.1 Å². The van der Waals surface area contributed by atoms with Crippen molar-refractivity contribution in [2.45, 2.75) is 6.04 Å². The number of hydrogen-bond acceptors (Lipinski definition) is 5. The van der Waals surface area contributed by atoms with Gasteiger partial charge in [0.1, 0.15) is 17.2 Å². The highest BCUT2D eigenvalue weighted by atomic mass is 19.1. The second kappa shape index (κ2) is 6.81. The van der Waals surface area contributed by atoms with Crippen LogP contribution < -0.4 is 15.6 Å². The maximum Gasteiger partial charge on any atom is 0.341 e.